The summed E-state index contributed by atoms with van der Waals surface area (Å²) in [5.74, 6) is -0.0109. The van der Waals surface area contributed by atoms with Crippen LogP contribution in [0.5, 0.6) is 5.75 Å². The molecule has 15 heavy (non-hydrogen) atoms. The summed E-state index contributed by atoms with van der Waals surface area (Å²) in [7, 11) is 1.36. The van der Waals surface area contributed by atoms with Gasteiger partial charge in [-0.05, 0) is 19.1 Å². The van der Waals surface area contributed by atoms with E-state index >= 15 is 0 Å². The Morgan fingerprint density at radius 1 is 1.47 bits per heavy atom. The summed E-state index contributed by atoms with van der Waals surface area (Å²) in [6, 6.07) is 7.13. The molecule has 0 aliphatic heterocycles. The Balaban J connectivity index is 2.50. The number of para-hydroxylation sites is 1. The maximum atomic E-state index is 11.1. The van der Waals surface area contributed by atoms with Crippen molar-refractivity contribution in [2.75, 3.05) is 13.7 Å². The Bertz CT molecular complexity index is 338. The predicted molar refractivity (Wildman–Crippen MR) is 58.1 cm³/mol. The molecule has 1 aromatic carbocycles. The van der Waals surface area contributed by atoms with Gasteiger partial charge < -0.3 is 9.47 Å². The number of hydrogen-bond donors (Lipinski definition) is 0. The van der Waals surface area contributed by atoms with E-state index < -0.39 is 0 Å². The van der Waals surface area contributed by atoms with Gasteiger partial charge in [-0.1, -0.05) is 23.7 Å². The Hall–Kier alpha value is -1.22. The van der Waals surface area contributed by atoms with Crippen LogP contribution in [0.4, 0.5) is 0 Å². The first kappa shape index (κ1) is 11.9. The number of halogens is 1. The van der Waals surface area contributed by atoms with Crippen LogP contribution in [0.15, 0.2) is 24.3 Å². The second kappa shape index (κ2) is 5.61. The van der Waals surface area contributed by atoms with Gasteiger partial charge in [0.2, 0.25) is 0 Å². The van der Waals surface area contributed by atoms with E-state index in [1.807, 2.05) is 12.1 Å². The molecule has 1 unspecified atom stereocenters. The quantitative estimate of drug-likeness (QED) is 0.743. The number of methoxy groups -OCH3 is 1. The molecule has 0 radical (unpaired) electrons. The van der Waals surface area contributed by atoms with Gasteiger partial charge in [0.05, 0.1) is 18.1 Å². The molecule has 0 saturated heterocycles. The van der Waals surface area contributed by atoms with Crippen molar-refractivity contribution in [2.24, 2.45) is 5.92 Å². The van der Waals surface area contributed by atoms with Gasteiger partial charge in [-0.25, -0.2) is 0 Å². The summed E-state index contributed by atoms with van der Waals surface area (Å²) in [5.41, 5.74) is 0. The third kappa shape index (κ3) is 3.44. The number of rotatable bonds is 4. The highest BCUT2D eigenvalue weighted by Crippen LogP contribution is 2.23. The summed E-state index contributed by atoms with van der Waals surface area (Å²) >= 11 is 5.88. The lowest BCUT2D eigenvalue weighted by molar-refractivity contribution is -0.145. The maximum absolute atomic E-state index is 11.1. The van der Waals surface area contributed by atoms with Crippen molar-refractivity contribution in [2.45, 2.75) is 6.92 Å². The van der Waals surface area contributed by atoms with Gasteiger partial charge >= 0.3 is 5.97 Å². The Kier molecular flexibility index (Phi) is 4.43. The van der Waals surface area contributed by atoms with E-state index in [0.717, 1.165) is 0 Å². The molecule has 4 heteroatoms. The highest BCUT2D eigenvalue weighted by Gasteiger charge is 2.14. The van der Waals surface area contributed by atoms with E-state index in [4.69, 9.17) is 16.3 Å². The molecule has 0 heterocycles. The Morgan fingerprint density at radius 3 is 2.73 bits per heavy atom. The average molecular weight is 229 g/mol. The fraction of sp³-hybridized carbons (Fsp3) is 0.364. The monoisotopic (exact) mass is 228 g/mol. The van der Waals surface area contributed by atoms with Crippen LogP contribution in [-0.2, 0) is 9.53 Å². The minimum Gasteiger partial charge on any atom is -0.491 e. The van der Waals surface area contributed by atoms with Crippen LogP contribution in [0.2, 0.25) is 5.02 Å². The van der Waals surface area contributed by atoms with Gasteiger partial charge in [0.25, 0.3) is 0 Å². The maximum Gasteiger partial charge on any atom is 0.311 e. The zero-order valence-electron chi connectivity index (χ0n) is 8.70. The van der Waals surface area contributed by atoms with E-state index in [0.29, 0.717) is 10.8 Å². The van der Waals surface area contributed by atoms with E-state index in [-0.39, 0.29) is 18.5 Å². The Labute approximate surface area is 93.9 Å². The molecule has 82 valence electrons. The highest BCUT2D eigenvalue weighted by molar-refractivity contribution is 6.32. The molecule has 0 aromatic heterocycles. The summed E-state index contributed by atoms with van der Waals surface area (Å²) in [6.07, 6.45) is 0. The molecule has 0 fully saturated rings. The topological polar surface area (TPSA) is 35.5 Å². The van der Waals surface area contributed by atoms with Crippen LogP contribution in [-0.4, -0.2) is 19.7 Å². The minimum atomic E-state index is -0.300. The van der Waals surface area contributed by atoms with Crippen molar-refractivity contribution < 1.29 is 14.3 Å². The number of hydrogen-bond acceptors (Lipinski definition) is 3. The number of carbonyl (C=O) groups excluding carboxylic acids is 1. The molecular formula is C11H13ClO3. The van der Waals surface area contributed by atoms with Crippen molar-refractivity contribution in [3.05, 3.63) is 29.3 Å². The molecule has 0 bridgehead atoms. The molecule has 1 rings (SSSR count). The first-order chi connectivity index (χ1) is 7.15. The molecule has 0 saturated carbocycles. The van der Waals surface area contributed by atoms with Gasteiger partial charge in [0.1, 0.15) is 12.4 Å². The SMILES string of the molecule is COC(=O)C(C)COc1ccccc1Cl. The lowest BCUT2D eigenvalue weighted by atomic mass is 10.2. The van der Waals surface area contributed by atoms with Crippen LogP contribution in [0.25, 0.3) is 0 Å². The van der Waals surface area contributed by atoms with Gasteiger partial charge in [0, 0.05) is 0 Å². The molecule has 0 spiro atoms. The fourth-order valence-corrected chi connectivity index (χ4v) is 1.24. The third-order valence-corrected chi connectivity index (χ3v) is 2.24. The number of benzene rings is 1. The van der Waals surface area contributed by atoms with Crippen LogP contribution >= 0.6 is 11.6 Å². The second-order valence-corrected chi connectivity index (χ2v) is 3.57. The van der Waals surface area contributed by atoms with E-state index in [1.54, 1.807) is 19.1 Å². The molecule has 0 N–H and O–H groups in total. The average Bonchev–Trinajstić information content (AvgIpc) is 2.26. The first-order valence-corrected chi connectivity index (χ1v) is 4.98. The van der Waals surface area contributed by atoms with E-state index in [2.05, 4.69) is 4.74 Å². The van der Waals surface area contributed by atoms with Crippen molar-refractivity contribution in [3.8, 4) is 5.75 Å². The summed E-state index contributed by atoms with van der Waals surface area (Å²) < 4.78 is 9.97. The zero-order valence-corrected chi connectivity index (χ0v) is 9.45. The fourth-order valence-electron chi connectivity index (χ4n) is 1.05. The molecule has 3 nitrogen and oxygen atoms in total. The first-order valence-electron chi connectivity index (χ1n) is 4.60. The van der Waals surface area contributed by atoms with Crippen LogP contribution in [0.1, 0.15) is 6.92 Å². The molecular weight excluding hydrogens is 216 g/mol. The summed E-state index contributed by atoms with van der Waals surface area (Å²) in [4.78, 5) is 11.1. The highest BCUT2D eigenvalue weighted by atomic mass is 35.5. The van der Waals surface area contributed by atoms with Gasteiger partial charge in [-0.3, -0.25) is 4.79 Å². The van der Waals surface area contributed by atoms with Gasteiger partial charge in [-0.2, -0.15) is 0 Å². The third-order valence-electron chi connectivity index (χ3n) is 1.93. The van der Waals surface area contributed by atoms with Crippen LogP contribution in [0.3, 0.4) is 0 Å². The van der Waals surface area contributed by atoms with Crippen LogP contribution < -0.4 is 4.74 Å². The van der Waals surface area contributed by atoms with E-state index in [1.165, 1.54) is 7.11 Å². The second-order valence-electron chi connectivity index (χ2n) is 3.17. The lowest BCUT2D eigenvalue weighted by Crippen LogP contribution is -2.20. The lowest BCUT2D eigenvalue weighted by Gasteiger charge is -2.11. The van der Waals surface area contributed by atoms with Crippen molar-refractivity contribution in [3.63, 3.8) is 0 Å². The summed E-state index contributed by atoms with van der Waals surface area (Å²) in [5, 5.41) is 0.537. The number of esters is 1. The molecule has 0 amide bonds. The molecule has 1 aromatic rings. The van der Waals surface area contributed by atoms with Gasteiger partial charge in [0.15, 0.2) is 0 Å². The summed E-state index contributed by atoms with van der Waals surface area (Å²) in [6.45, 7) is 2.00. The van der Waals surface area contributed by atoms with E-state index in [9.17, 15) is 4.79 Å². The van der Waals surface area contributed by atoms with Crippen LogP contribution in [0, 0.1) is 5.92 Å². The largest absolute Gasteiger partial charge is 0.491 e. The normalized spacial score (nSPS) is 11.9. The molecule has 0 aliphatic carbocycles. The van der Waals surface area contributed by atoms with Crippen molar-refractivity contribution in [1.82, 2.24) is 0 Å². The standard InChI is InChI=1S/C11H13ClO3/c1-8(11(13)14-2)7-15-10-6-4-3-5-9(10)12/h3-6,8H,7H2,1-2H3. The van der Waals surface area contributed by atoms with Crippen molar-refractivity contribution >= 4 is 17.6 Å². The zero-order chi connectivity index (χ0) is 11.3. The van der Waals surface area contributed by atoms with Gasteiger partial charge in [-0.15, -0.1) is 0 Å². The molecule has 1 atom stereocenters. The number of ether oxygens (including phenoxy) is 2. The minimum absolute atomic E-state index is 0.260. The predicted octanol–water partition coefficient (Wildman–Crippen LogP) is 2.53. The van der Waals surface area contributed by atoms with Crippen molar-refractivity contribution in [1.29, 1.82) is 0 Å². The smallest absolute Gasteiger partial charge is 0.311 e. The number of carbonyl (C=O) groups is 1. The molecule has 0 aliphatic rings. The Morgan fingerprint density at radius 2 is 2.13 bits per heavy atom.